The lowest BCUT2D eigenvalue weighted by Crippen LogP contribution is -2.35. The average molecular weight is 416 g/mol. The van der Waals surface area contributed by atoms with Gasteiger partial charge in [-0.15, -0.1) is 0 Å². The number of likely N-dealkylation sites (N-methyl/N-ethyl adjacent to an activating group) is 1. The third-order valence-electron chi connectivity index (χ3n) is 4.50. The first-order valence-electron chi connectivity index (χ1n) is 8.58. The summed E-state index contributed by atoms with van der Waals surface area (Å²) in [4.78, 5) is 51.3. The summed E-state index contributed by atoms with van der Waals surface area (Å²) in [6.07, 6.45) is 0. The summed E-state index contributed by atoms with van der Waals surface area (Å²) in [6, 6.07) is 9.06. The van der Waals surface area contributed by atoms with E-state index in [0.717, 1.165) is 4.90 Å². The van der Waals surface area contributed by atoms with Gasteiger partial charge in [-0.3, -0.25) is 24.1 Å². The van der Waals surface area contributed by atoms with E-state index < -0.39 is 23.6 Å². The predicted octanol–water partition coefficient (Wildman–Crippen LogP) is 2.29. The Morgan fingerprint density at radius 2 is 1.79 bits per heavy atom. The Bertz CT molecular complexity index is 1040. The van der Waals surface area contributed by atoms with Crippen LogP contribution in [0, 0.1) is 0 Å². The monoisotopic (exact) mass is 415 g/mol. The van der Waals surface area contributed by atoms with Gasteiger partial charge in [-0.2, -0.15) is 0 Å². The molecule has 150 valence electrons. The second-order valence-corrected chi connectivity index (χ2v) is 6.92. The topological polar surface area (TPSA) is 96.0 Å². The van der Waals surface area contributed by atoms with Crippen LogP contribution in [0.3, 0.4) is 0 Å². The molecule has 0 unspecified atom stereocenters. The Hall–Kier alpha value is -3.39. The van der Waals surface area contributed by atoms with Crippen LogP contribution in [0.25, 0.3) is 0 Å². The van der Waals surface area contributed by atoms with Gasteiger partial charge in [0.1, 0.15) is 5.75 Å². The number of ether oxygens (including phenoxy) is 1. The van der Waals surface area contributed by atoms with E-state index in [2.05, 4.69) is 5.32 Å². The number of carbonyl (C=O) groups excluding carboxylic acids is 4. The molecule has 0 aliphatic carbocycles. The van der Waals surface area contributed by atoms with E-state index in [4.69, 9.17) is 16.3 Å². The normalized spacial score (nSPS) is 12.6. The van der Waals surface area contributed by atoms with Crippen molar-refractivity contribution in [2.45, 2.75) is 0 Å². The number of nitrogens with zero attached hydrogens (tertiary/aromatic N) is 2. The van der Waals surface area contributed by atoms with Crippen molar-refractivity contribution in [3.8, 4) is 5.75 Å². The first kappa shape index (κ1) is 20.3. The summed E-state index contributed by atoms with van der Waals surface area (Å²) in [5.41, 5.74) is 1.01. The van der Waals surface area contributed by atoms with Crippen LogP contribution in [-0.2, 0) is 4.79 Å². The quantitative estimate of drug-likeness (QED) is 0.756. The molecule has 1 aliphatic heterocycles. The number of carbonyl (C=O) groups is 4. The molecule has 0 atom stereocenters. The molecule has 3 rings (SSSR count). The lowest BCUT2D eigenvalue weighted by Gasteiger charge is -2.18. The third kappa shape index (κ3) is 3.93. The van der Waals surface area contributed by atoms with Crippen LogP contribution < -0.4 is 10.1 Å². The van der Waals surface area contributed by atoms with Gasteiger partial charge in [-0.1, -0.05) is 11.6 Å². The van der Waals surface area contributed by atoms with Gasteiger partial charge >= 0.3 is 0 Å². The number of nitrogens with one attached hydrogen (secondary N) is 1. The van der Waals surface area contributed by atoms with Crippen LogP contribution in [0.1, 0.15) is 31.1 Å². The van der Waals surface area contributed by atoms with Crippen LogP contribution in [0.4, 0.5) is 5.69 Å². The minimum Gasteiger partial charge on any atom is -0.495 e. The van der Waals surface area contributed by atoms with Gasteiger partial charge in [-0.05, 0) is 36.4 Å². The van der Waals surface area contributed by atoms with Crippen LogP contribution in [0.15, 0.2) is 36.4 Å². The van der Waals surface area contributed by atoms with Gasteiger partial charge in [-0.25, -0.2) is 0 Å². The predicted molar refractivity (Wildman–Crippen MR) is 106 cm³/mol. The lowest BCUT2D eigenvalue weighted by atomic mass is 10.0. The number of hydrogen-bond donors (Lipinski definition) is 1. The summed E-state index contributed by atoms with van der Waals surface area (Å²) in [7, 11) is 4.31. The molecule has 0 spiro atoms. The molecular weight excluding hydrogens is 398 g/mol. The fraction of sp³-hybridized carbons (Fsp3) is 0.200. The van der Waals surface area contributed by atoms with E-state index in [9.17, 15) is 19.2 Å². The molecule has 0 saturated carbocycles. The fourth-order valence-corrected chi connectivity index (χ4v) is 3.14. The van der Waals surface area contributed by atoms with Gasteiger partial charge in [0.15, 0.2) is 0 Å². The van der Waals surface area contributed by atoms with Gasteiger partial charge in [0.25, 0.3) is 17.7 Å². The Balaban J connectivity index is 1.72. The van der Waals surface area contributed by atoms with Crippen molar-refractivity contribution >= 4 is 40.9 Å². The Labute approximate surface area is 172 Å². The van der Waals surface area contributed by atoms with Crippen molar-refractivity contribution in [2.24, 2.45) is 0 Å². The highest BCUT2D eigenvalue weighted by molar-refractivity contribution is 6.31. The summed E-state index contributed by atoms with van der Waals surface area (Å²) in [6.45, 7) is -0.238. The van der Waals surface area contributed by atoms with Crippen molar-refractivity contribution in [3.63, 3.8) is 0 Å². The van der Waals surface area contributed by atoms with Crippen LogP contribution >= 0.6 is 11.6 Å². The number of anilines is 1. The summed E-state index contributed by atoms with van der Waals surface area (Å²) in [5.74, 6) is -1.35. The number of amides is 4. The van der Waals surface area contributed by atoms with E-state index in [1.807, 2.05) is 0 Å². The molecular formula is C20H18ClN3O5. The zero-order valence-corrected chi connectivity index (χ0v) is 16.7. The molecule has 29 heavy (non-hydrogen) atoms. The first-order valence-corrected chi connectivity index (χ1v) is 8.96. The Morgan fingerprint density at radius 3 is 2.48 bits per heavy atom. The first-order chi connectivity index (χ1) is 13.7. The van der Waals surface area contributed by atoms with Crippen molar-refractivity contribution in [1.29, 1.82) is 0 Å². The second kappa shape index (κ2) is 7.92. The van der Waals surface area contributed by atoms with Crippen molar-refractivity contribution in [1.82, 2.24) is 9.80 Å². The second-order valence-electron chi connectivity index (χ2n) is 6.48. The molecule has 1 heterocycles. The molecule has 9 heteroatoms. The SMILES string of the molecule is COc1ccc(Cl)cc1NC(=O)CN(C)C(=O)c1ccc2c(c1)C(=O)N(C)C2=O. The molecule has 0 radical (unpaired) electrons. The molecule has 1 aliphatic rings. The zero-order valence-electron chi connectivity index (χ0n) is 16.0. The number of benzene rings is 2. The molecule has 2 aromatic rings. The molecule has 0 aromatic heterocycles. The smallest absolute Gasteiger partial charge is 0.261 e. The Morgan fingerprint density at radius 1 is 1.10 bits per heavy atom. The molecule has 1 N–H and O–H groups in total. The molecule has 2 aromatic carbocycles. The van der Waals surface area contributed by atoms with Crippen molar-refractivity contribution < 1.29 is 23.9 Å². The summed E-state index contributed by atoms with van der Waals surface area (Å²) >= 11 is 5.95. The number of methoxy groups -OCH3 is 1. The minimum atomic E-state index is -0.465. The fourth-order valence-electron chi connectivity index (χ4n) is 2.97. The van der Waals surface area contributed by atoms with Crippen LogP contribution in [-0.4, -0.2) is 61.2 Å². The van der Waals surface area contributed by atoms with Crippen molar-refractivity contribution in [2.75, 3.05) is 33.1 Å². The molecule has 0 saturated heterocycles. The highest BCUT2D eigenvalue weighted by Gasteiger charge is 2.33. The molecule has 0 bridgehead atoms. The number of halogens is 1. The van der Waals surface area contributed by atoms with E-state index in [1.54, 1.807) is 18.2 Å². The maximum atomic E-state index is 12.7. The highest BCUT2D eigenvalue weighted by atomic mass is 35.5. The van der Waals surface area contributed by atoms with Crippen molar-refractivity contribution in [3.05, 3.63) is 58.1 Å². The third-order valence-corrected chi connectivity index (χ3v) is 4.73. The zero-order chi connectivity index (χ0) is 21.3. The molecule has 0 fully saturated rings. The van der Waals surface area contributed by atoms with E-state index in [-0.39, 0.29) is 23.2 Å². The highest BCUT2D eigenvalue weighted by Crippen LogP contribution is 2.27. The van der Waals surface area contributed by atoms with Crippen LogP contribution in [0.5, 0.6) is 5.75 Å². The standard InChI is InChI=1S/C20H18ClN3O5/c1-23(10-17(25)22-15-9-12(21)5-7-16(15)29-3)18(26)11-4-6-13-14(8-11)20(28)24(2)19(13)27/h4-9H,10H2,1-3H3,(H,22,25). The average Bonchev–Trinajstić information content (AvgIpc) is 2.91. The maximum Gasteiger partial charge on any atom is 0.261 e. The van der Waals surface area contributed by atoms with Gasteiger partial charge in [0.2, 0.25) is 5.91 Å². The number of imide groups is 1. The van der Waals surface area contributed by atoms with Gasteiger partial charge in [0.05, 0.1) is 30.5 Å². The number of rotatable bonds is 5. The van der Waals surface area contributed by atoms with E-state index in [1.165, 1.54) is 44.3 Å². The largest absolute Gasteiger partial charge is 0.495 e. The van der Waals surface area contributed by atoms with E-state index >= 15 is 0 Å². The maximum absolute atomic E-state index is 12.7. The van der Waals surface area contributed by atoms with Gasteiger partial charge in [0, 0.05) is 24.7 Å². The minimum absolute atomic E-state index is 0.171. The Kier molecular flexibility index (Phi) is 5.56. The molecule has 8 nitrogen and oxygen atoms in total. The summed E-state index contributed by atoms with van der Waals surface area (Å²) < 4.78 is 5.18. The van der Waals surface area contributed by atoms with Gasteiger partial charge < -0.3 is 15.0 Å². The molecule has 4 amide bonds. The number of hydrogen-bond acceptors (Lipinski definition) is 5. The number of fused-ring (bicyclic) bond motifs is 1. The lowest BCUT2D eigenvalue weighted by molar-refractivity contribution is -0.116. The summed E-state index contributed by atoms with van der Waals surface area (Å²) in [5, 5.41) is 3.08. The van der Waals surface area contributed by atoms with E-state index in [0.29, 0.717) is 16.5 Å². The van der Waals surface area contributed by atoms with Crippen LogP contribution in [0.2, 0.25) is 5.02 Å².